The topological polar surface area (TPSA) is 54.3 Å². The summed E-state index contributed by atoms with van der Waals surface area (Å²) in [6, 6.07) is 6.43. The summed E-state index contributed by atoms with van der Waals surface area (Å²) in [5.41, 5.74) is 3.20. The third-order valence-corrected chi connectivity index (χ3v) is 5.12. The fraction of sp³-hybridized carbons (Fsp3) is 0.526. The van der Waals surface area contributed by atoms with Gasteiger partial charge in [0.2, 0.25) is 5.91 Å². The van der Waals surface area contributed by atoms with Gasteiger partial charge in [-0.15, -0.1) is 0 Å². The van der Waals surface area contributed by atoms with E-state index in [1.807, 2.05) is 44.1 Å². The Balaban J connectivity index is 1.66. The molecule has 2 aromatic heterocycles. The lowest BCUT2D eigenvalue weighted by atomic mass is 9.94. The Labute approximate surface area is 149 Å². The molecule has 1 fully saturated rings. The molecule has 3 heterocycles. The molecule has 1 aliphatic rings. The van der Waals surface area contributed by atoms with Crippen molar-refractivity contribution in [3.63, 3.8) is 0 Å². The molecule has 0 radical (unpaired) electrons. The quantitative estimate of drug-likeness (QED) is 0.835. The molecular weight excluding hydrogens is 314 g/mol. The molecule has 134 valence electrons. The summed E-state index contributed by atoms with van der Waals surface area (Å²) >= 11 is 0. The van der Waals surface area contributed by atoms with Crippen LogP contribution in [-0.4, -0.2) is 57.7 Å². The first-order valence-electron chi connectivity index (χ1n) is 8.81. The molecule has 0 unspecified atom stereocenters. The molecule has 0 aromatic carbocycles. The molecule has 2 aromatic rings. The van der Waals surface area contributed by atoms with E-state index in [2.05, 4.69) is 28.1 Å². The molecule has 0 N–H and O–H groups in total. The second kappa shape index (κ2) is 7.35. The Morgan fingerprint density at radius 2 is 2.20 bits per heavy atom. The summed E-state index contributed by atoms with van der Waals surface area (Å²) in [4.78, 5) is 21.1. The molecule has 1 saturated heterocycles. The molecular formula is C19H27N5O. The number of aromatic nitrogens is 3. The van der Waals surface area contributed by atoms with Crippen LogP contribution in [0.5, 0.6) is 0 Å². The van der Waals surface area contributed by atoms with Gasteiger partial charge in [-0.1, -0.05) is 6.07 Å². The number of likely N-dealkylation sites (N-methyl/N-ethyl adjacent to an activating group) is 1. The van der Waals surface area contributed by atoms with Crippen molar-refractivity contribution in [3.05, 3.63) is 47.5 Å². The molecule has 25 heavy (non-hydrogen) atoms. The lowest BCUT2D eigenvalue weighted by molar-refractivity contribution is -0.131. The minimum Gasteiger partial charge on any atom is -0.344 e. The van der Waals surface area contributed by atoms with Crippen LogP contribution < -0.4 is 0 Å². The van der Waals surface area contributed by atoms with Gasteiger partial charge in [0.1, 0.15) is 6.54 Å². The standard InChI is InChI=1S/C19H27N5O/c1-14-10-15(2)24(21-14)13-18(25)23(4)12-17-7-9-22(3)19(17)16-6-5-8-20-11-16/h5-6,8,10-11,17,19H,7,9,12-13H2,1-4H3/t17-,19-/m0/s1. The molecule has 0 spiro atoms. The van der Waals surface area contributed by atoms with Crippen LogP contribution in [0.3, 0.4) is 0 Å². The number of carbonyl (C=O) groups is 1. The van der Waals surface area contributed by atoms with E-state index in [1.54, 1.807) is 10.9 Å². The van der Waals surface area contributed by atoms with Gasteiger partial charge in [0.25, 0.3) is 0 Å². The Morgan fingerprint density at radius 1 is 1.40 bits per heavy atom. The molecule has 2 atom stereocenters. The van der Waals surface area contributed by atoms with E-state index >= 15 is 0 Å². The van der Waals surface area contributed by atoms with E-state index in [-0.39, 0.29) is 5.91 Å². The highest BCUT2D eigenvalue weighted by Gasteiger charge is 2.34. The summed E-state index contributed by atoms with van der Waals surface area (Å²) in [6.07, 6.45) is 4.84. The highest BCUT2D eigenvalue weighted by atomic mass is 16.2. The number of hydrogen-bond donors (Lipinski definition) is 0. The summed E-state index contributed by atoms with van der Waals surface area (Å²) in [5.74, 6) is 0.522. The van der Waals surface area contributed by atoms with Gasteiger partial charge >= 0.3 is 0 Å². The van der Waals surface area contributed by atoms with Crippen LogP contribution in [0.4, 0.5) is 0 Å². The fourth-order valence-corrected chi connectivity index (χ4v) is 3.83. The number of carbonyl (C=O) groups excluding carboxylic acids is 1. The van der Waals surface area contributed by atoms with Gasteiger partial charge in [-0.2, -0.15) is 5.10 Å². The van der Waals surface area contributed by atoms with E-state index in [4.69, 9.17) is 0 Å². The SMILES string of the molecule is Cc1cc(C)n(CC(=O)N(C)C[C@@H]2CCN(C)[C@H]2c2cccnc2)n1. The molecule has 0 bridgehead atoms. The molecule has 1 amide bonds. The van der Waals surface area contributed by atoms with Crippen LogP contribution in [0, 0.1) is 19.8 Å². The van der Waals surface area contributed by atoms with Crippen molar-refractivity contribution in [1.82, 2.24) is 24.6 Å². The summed E-state index contributed by atoms with van der Waals surface area (Å²) < 4.78 is 1.79. The molecule has 3 rings (SSSR count). The highest BCUT2D eigenvalue weighted by molar-refractivity contribution is 5.75. The number of amides is 1. The van der Waals surface area contributed by atoms with E-state index in [0.717, 1.165) is 30.9 Å². The van der Waals surface area contributed by atoms with E-state index in [0.29, 0.717) is 18.5 Å². The first-order chi connectivity index (χ1) is 12.0. The average Bonchev–Trinajstić information content (AvgIpc) is 3.10. The van der Waals surface area contributed by atoms with Crippen LogP contribution in [0.1, 0.15) is 29.4 Å². The van der Waals surface area contributed by atoms with E-state index < -0.39 is 0 Å². The maximum Gasteiger partial charge on any atom is 0.244 e. The minimum absolute atomic E-state index is 0.102. The van der Waals surface area contributed by atoms with Crippen molar-refractivity contribution in [2.24, 2.45) is 5.92 Å². The maximum atomic E-state index is 12.6. The number of nitrogens with zero attached hydrogens (tertiary/aromatic N) is 5. The molecule has 1 aliphatic heterocycles. The molecule has 6 nitrogen and oxygen atoms in total. The number of rotatable bonds is 5. The van der Waals surface area contributed by atoms with Crippen molar-refractivity contribution in [2.75, 3.05) is 27.2 Å². The summed E-state index contributed by atoms with van der Waals surface area (Å²) in [5, 5.41) is 4.39. The third-order valence-electron chi connectivity index (χ3n) is 5.12. The second-order valence-electron chi connectivity index (χ2n) is 7.12. The van der Waals surface area contributed by atoms with Crippen molar-refractivity contribution in [2.45, 2.75) is 32.9 Å². The van der Waals surface area contributed by atoms with Crippen LogP contribution in [-0.2, 0) is 11.3 Å². The first kappa shape index (κ1) is 17.6. The predicted molar refractivity (Wildman–Crippen MR) is 97.1 cm³/mol. The lowest BCUT2D eigenvalue weighted by Gasteiger charge is -2.28. The van der Waals surface area contributed by atoms with Crippen LogP contribution in [0.2, 0.25) is 0 Å². The molecule has 0 aliphatic carbocycles. The smallest absolute Gasteiger partial charge is 0.244 e. The van der Waals surface area contributed by atoms with Gasteiger partial charge in [-0.25, -0.2) is 0 Å². The lowest BCUT2D eigenvalue weighted by Crippen LogP contribution is -2.36. The first-order valence-corrected chi connectivity index (χ1v) is 8.81. The van der Waals surface area contributed by atoms with Gasteiger partial charge in [0.15, 0.2) is 0 Å². The zero-order valence-corrected chi connectivity index (χ0v) is 15.5. The van der Waals surface area contributed by atoms with Gasteiger partial charge in [0.05, 0.1) is 5.69 Å². The predicted octanol–water partition coefficient (Wildman–Crippen LogP) is 2.05. The number of likely N-dealkylation sites (tertiary alicyclic amines) is 1. The average molecular weight is 341 g/mol. The van der Waals surface area contributed by atoms with Gasteiger partial charge in [-0.3, -0.25) is 19.4 Å². The van der Waals surface area contributed by atoms with Gasteiger partial charge < -0.3 is 4.90 Å². The third kappa shape index (κ3) is 3.90. The zero-order valence-electron chi connectivity index (χ0n) is 15.5. The Morgan fingerprint density at radius 3 is 2.84 bits per heavy atom. The molecule has 0 saturated carbocycles. The summed E-state index contributed by atoms with van der Waals surface area (Å²) in [7, 11) is 4.04. The zero-order chi connectivity index (χ0) is 18.0. The Kier molecular flexibility index (Phi) is 5.18. The highest BCUT2D eigenvalue weighted by Crippen LogP contribution is 2.36. The van der Waals surface area contributed by atoms with E-state index in [9.17, 15) is 4.79 Å². The number of hydrogen-bond acceptors (Lipinski definition) is 4. The largest absolute Gasteiger partial charge is 0.344 e. The van der Waals surface area contributed by atoms with Crippen molar-refractivity contribution >= 4 is 5.91 Å². The van der Waals surface area contributed by atoms with Crippen molar-refractivity contribution < 1.29 is 4.79 Å². The van der Waals surface area contributed by atoms with Crippen molar-refractivity contribution in [1.29, 1.82) is 0 Å². The monoisotopic (exact) mass is 341 g/mol. The van der Waals surface area contributed by atoms with Gasteiger partial charge in [-0.05, 0) is 57.5 Å². The van der Waals surface area contributed by atoms with Gasteiger partial charge in [0, 0.05) is 37.7 Å². The van der Waals surface area contributed by atoms with E-state index in [1.165, 1.54) is 5.56 Å². The van der Waals surface area contributed by atoms with Crippen LogP contribution in [0.15, 0.2) is 30.6 Å². The Bertz CT molecular complexity index is 727. The number of aryl methyl sites for hydroxylation is 2. The molecule has 6 heteroatoms. The number of pyridine rings is 1. The van der Waals surface area contributed by atoms with Crippen LogP contribution >= 0.6 is 0 Å². The fourth-order valence-electron chi connectivity index (χ4n) is 3.83. The maximum absolute atomic E-state index is 12.6. The summed E-state index contributed by atoms with van der Waals surface area (Å²) in [6.45, 7) is 6.03. The normalized spacial score (nSPS) is 20.8. The van der Waals surface area contributed by atoms with Crippen molar-refractivity contribution in [3.8, 4) is 0 Å². The van der Waals surface area contributed by atoms with Crippen LogP contribution in [0.25, 0.3) is 0 Å². The Hall–Kier alpha value is -2.21. The second-order valence-corrected chi connectivity index (χ2v) is 7.12. The minimum atomic E-state index is 0.102.